The van der Waals surface area contributed by atoms with Gasteiger partial charge >= 0.3 is 0 Å². The number of hydrogen-bond donors (Lipinski definition) is 1. The summed E-state index contributed by atoms with van der Waals surface area (Å²) in [5.74, 6) is 0. The molecule has 1 N–H and O–H groups in total. The van der Waals surface area contributed by atoms with Gasteiger partial charge < -0.3 is 10.2 Å². The van der Waals surface area contributed by atoms with E-state index in [1.807, 2.05) is 12.6 Å². The average Bonchev–Trinajstić information content (AvgIpc) is 2.94. The third-order valence-corrected chi connectivity index (χ3v) is 4.01. The monoisotopic (exact) mass is 275 g/mol. The van der Waals surface area contributed by atoms with Crippen molar-refractivity contribution in [3.8, 4) is 0 Å². The molecule has 0 saturated heterocycles. The molecule has 0 amide bonds. The molecule has 2 rings (SSSR count). The number of hydrogen-bond acceptors (Lipinski definition) is 4. The Morgan fingerprint density at radius 3 is 2.58 bits per heavy atom. The molecule has 0 aliphatic carbocycles. The lowest BCUT2D eigenvalue weighted by atomic mass is 10.0. The molecule has 1 heterocycles. The first-order chi connectivity index (χ1) is 9.24. The van der Waals surface area contributed by atoms with E-state index >= 15 is 0 Å². The highest BCUT2D eigenvalue weighted by Gasteiger charge is 2.08. The van der Waals surface area contributed by atoms with Crippen molar-refractivity contribution in [2.75, 3.05) is 19.0 Å². The molecular weight excluding hydrogens is 254 g/mol. The largest absolute Gasteiger partial charge is 0.369 e. The quantitative estimate of drug-likeness (QED) is 0.875. The summed E-state index contributed by atoms with van der Waals surface area (Å²) in [7, 11) is 4.11. The van der Waals surface area contributed by atoms with E-state index in [1.54, 1.807) is 11.3 Å². The predicted octanol–water partition coefficient (Wildman–Crippen LogP) is 3.45. The van der Waals surface area contributed by atoms with E-state index < -0.39 is 0 Å². The minimum absolute atomic E-state index is 0.442. The molecule has 0 fully saturated rings. The van der Waals surface area contributed by atoms with Crippen LogP contribution in [0.5, 0.6) is 0 Å². The highest BCUT2D eigenvalue weighted by molar-refractivity contribution is 7.07. The zero-order valence-electron chi connectivity index (χ0n) is 11.8. The molecular formula is C15H21N3S. The predicted molar refractivity (Wildman–Crippen MR) is 82.8 cm³/mol. The molecule has 1 unspecified atom stereocenters. The van der Waals surface area contributed by atoms with Gasteiger partial charge in [0.25, 0.3) is 0 Å². The molecule has 0 saturated carbocycles. The summed E-state index contributed by atoms with van der Waals surface area (Å²) in [5, 5.41) is 5.43. The Kier molecular flexibility index (Phi) is 4.93. The van der Waals surface area contributed by atoms with Gasteiger partial charge in [-0.1, -0.05) is 19.1 Å². The van der Waals surface area contributed by atoms with Crippen LogP contribution in [0.2, 0.25) is 0 Å². The Hall–Kier alpha value is -1.39. The Morgan fingerprint density at radius 2 is 2.05 bits per heavy atom. The van der Waals surface area contributed by atoms with Gasteiger partial charge in [0.05, 0.1) is 17.7 Å². The molecule has 0 radical (unpaired) electrons. The lowest BCUT2D eigenvalue weighted by molar-refractivity contribution is 0.577. The van der Waals surface area contributed by atoms with Gasteiger partial charge in [-0.25, -0.2) is 4.98 Å². The average molecular weight is 275 g/mol. The van der Waals surface area contributed by atoms with Gasteiger partial charge in [0.15, 0.2) is 0 Å². The van der Waals surface area contributed by atoms with Crippen molar-refractivity contribution in [1.29, 1.82) is 0 Å². The van der Waals surface area contributed by atoms with Crippen LogP contribution in [0.3, 0.4) is 0 Å². The van der Waals surface area contributed by atoms with Gasteiger partial charge in [-0.2, -0.15) is 0 Å². The molecule has 0 aliphatic heterocycles. The van der Waals surface area contributed by atoms with Crippen molar-refractivity contribution >= 4 is 17.0 Å². The topological polar surface area (TPSA) is 28.2 Å². The number of nitrogens with zero attached hydrogens (tertiary/aromatic N) is 2. The summed E-state index contributed by atoms with van der Waals surface area (Å²) in [4.78, 5) is 6.54. The molecule has 1 aromatic heterocycles. The fourth-order valence-electron chi connectivity index (χ4n) is 2.22. The van der Waals surface area contributed by atoms with E-state index in [4.69, 9.17) is 0 Å². The second-order valence-electron chi connectivity index (χ2n) is 4.68. The number of aromatic nitrogens is 1. The normalized spacial score (nSPS) is 12.4. The van der Waals surface area contributed by atoms with Crippen LogP contribution in [-0.2, 0) is 6.54 Å². The summed E-state index contributed by atoms with van der Waals surface area (Å²) < 4.78 is 0. The Labute approximate surface area is 119 Å². The maximum Gasteiger partial charge on any atom is 0.0795 e. The van der Waals surface area contributed by atoms with Gasteiger partial charge in [0.1, 0.15) is 0 Å². The number of thiazole rings is 1. The van der Waals surface area contributed by atoms with Crippen molar-refractivity contribution in [2.24, 2.45) is 0 Å². The van der Waals surface area contributed by atoms with Crippen molar-refractivity contribution in [2.45, 2.75) is 25.9 Å². The van der Waals surface area contributed by atoms with E-state index in [1.165, 1.54) is 11.3 Å². The number of benzene rings is 1. The van der Waals surface area contributed by atoms with Crippen molar-refractivity contribution in [3.63, 3.8) is 0 Å². The van der Waals surface area contributed by atoms with Crippen molar-refractivity contribution in [1.82, 2.24) is 10.3 Å². The molecule has 1 aromatic carbocycles. The summed E-state index contributed by atoms with van der Waals surface area (Å²) in [6.45, 7) is 3.05. The van der Waals surface area contributed by atoms with E-state index in [2.05, 4.69) is 58.8 Å². The maximum absolute atomic E-state index is 4.32. The first-order valence-electron chi connectivity index (χ1n) is 6.60. The molecule has 1 atom stereocenters. The minimum atomic E-state index is 0.442. The second-order valence-corrected chi connectivity index (χ2v) is 5.40. The summed E-state index contributed by atoms with van der Waals surface area (Å²) in [6, 6.07) is 9.22. The zero-order chi connectivity index (χ0) is 13.7. The summed E-state index contributed by atoms with van der Waals surface area (Å²) in [5.41, 5.74) is 5.57. The molecule has 0 aliphatic rings. The fraction of sp³-hybridized carbons (Fsp3) is 0.400. The van der Waals surface area contributed by atoms with Crippen molar-refractivity contribution in [3.05, 3.63) is 46.4 Å². The number of nitrogens with one attached hydrogen (secondary N) is 1. The first-order valence-corrected chi connectivity index (χ1v) is 7.54. The lowest BCUT2D eigenvalue weighted by Gasteiger charge is -2.20. The summed E-state index contributed by atoms with van der Waals surface area (Å²) >= 11 is 1.64. The maximum atomic E-state index is 4.32. The number of anilines is 1. The van der Waals surface area contributed by atoms with Crippen molar-refractivity contribution < 1.29 is 0 Å². The van der Waals surface area contributed by atoms with Crippen LogP contribution in [0.25, 0.3) is 0 Å². The van der Waals surface area contributed by atoms with Gasteiger partial charge in [0, 0.05) is 24.2 Å². The summed E-state index contributed by atoms with van der Waals surface area (Å²) in [6.07, 6.45) is 1.10. The SMILES string of the molecule is CCC(NC)c1ccc(N(C)Cc2cscn2)cc1. The highest BCUT2D eigenvalue weighted by Crippen LogP contribution is 2.21. The van der Waals surface area contributed by atoms with Crippen LogP contribution < -0.4 is 10.2 Å². The molecule has 19 heavy (non-hydrogen) atoms. The Morgan fingerprint density at radius 1 is 1.32 bits per heavy atom. The Bertz CT molecular complexity index is 475. The molecule has 3 nitrogen and oxygen atoms in total. The molecule has 0 spiro atoms. The molecule has 102 valence electrons. The smallest absolute Gasteiger partial charge is 0.0795 e. The third kappa shape index (κ3) is 3.55. The van der Waals surface area contributed by atoms with Crippen LogP contribution in [0.4, 0.5) is 5.69 Å². The number of rotatable bonds is 6. The van der Waals surface area contributed by atoms with E-state index in [-0.39, 0.29) is 0 Å². The highest BCUT2D eigenvalue weighted by atomic mass is 32.1. The first kappa shape index (κ1) is 14.0. The van der Waals surface area contributed by atoms with Crippen LogP contribution in [0, 0.1) is 0 Å². The fourth-order valence-corrected chi connectivity index (χ4v) is 2.77. The lowest BCUT2D eigenvalue weighted by Crippen LogP contribution is -2.17. The van der Waals surface area contributed by atoms with Gasteiger partial charge in [-0.3, -0.25) is 0 Å². The van der Waals surface area contributed by atoms with Crippen LogP contribution in [-0.4, -0.2) is 19.1 Å². The van der Waals surface area contributed by atoms with Gasteiger partial charge in [-0.15, -0.1) is 11.3 Å². The second kappa shape index (κ2) is 6.68. The van der Waals surface area contributed by atoms with E-state index in [0.29, 0.717) is 6.04 Å². The minimum Gasteiger partial charge on any atom is -0.369 e. The Balaban J connectivity index is 2.05. The van der Waals surface area contributed by atoms with E-state index in [0.717, 1.165) is 18.7 Å². The molecule has 4 heteroatoms. The standard InChI is InChI=1S/C15H21N3S/c1-4-15(16-2)12-5-7-14(8-6-12)18(3)9-13-10-19-11-17-13/h5-8,10-11,15-16H,4,9H2,1-3H3. The van der Waals surface area contributed by atoms with Gasteiger partial charge in [-0.05, 0) is 31.2 Å². The van der Waals surface area contributed by atoms with E-state index in [9.17, 15) is 0 Å². The zero-order valence-corrected chi connectivity index (χ0v) is 12.6. The third-order valence-electron chi connectivity index (χ3n) is 3.38. The van der Waals surface area contributed by atoms with Crippen LogP contribution in [0.1, 0.15) is 30.6 Å². The molecule has 2 aromatic rings. The van der Waals surface area contributed by atoms with Crippen LogP contribution >= 0.6 is 11.3 Å². The van der Waals surface area contributed by atoms with Gasteiger partial charge in [0.2, 0.25) is 0 Å². The molecule has 0 bridgehead atoms. The van der Waals surface area contributed by atoms with Crippen LogP contribution in [0.15, 0.2) is 35.2 Å².